The molecule has 0 saturated carbocycles. The van der Waals surface area contributed by atoms with Crippen molar-refractivity contribution >= 4 is 28.1 Å². The van der Waals surface area contributed by atoms with Crippen molar-refractivity contribution in [2.75, 3.05) is 17.7 Å². The number of aromatic nitrogens is 1. The Labute approximate surface area is 198 Å². The number of carbonyl (C=O) groups excluding carboxylic acids is 1. The van der Waals surface area contributed by atoms with Gasteiger partial charge in [0.2, 0.25) is 0 Å². The van der Waals surface area contributed by atoms with Crippen molar-refractivity contribution < 1.29 is 9.53 Å². The molecule has 0 fully saturated rings. The van der Waals surface area contributed by atoms with E-state index < -0.39 is 0 Å². The van der Waals surface area contributed by atoms with Crippen molar-refractivity contribution in [1.29, 1.82) is 0 Å². The normalized spacial score (nSPS) is 11.6. The molecular weight excluding hydrogens is 430 g/mol. The lowest BCUT2D eigenvalue weighted by Gasteiger charge is -2.24. The van der Waals surface area contributed by atoms with Crippen LogP contribution < -0.4 is 15.4 Å². The highest BCUT2D eigenvalue weighted by Gasteiger charge is 2.27. The molecule has 4 rings (SSSR count). The van der Waals surface area contributed by atoms with E-state index in [1.54, 1.807) is 18.4 Å². The number of hydrogen-bond donors (Lipinski definition) is 2. The first-order valence-corrected chi connectivity index (χ1v) is 11.6. The van der Waals surface area contributed by atoms with Gasteiger partial charge in [0.15, 0.2) is 0 Å². The van der Waals surface area contributed by atoms with E-state index in [-0.39, 0.29) is 11.9 Å². The Bertz CT molecular complexity index is 1270. The van der Waals surface area contributed by atoms with Crippen LogP contribution in [-0.2, 0) is 0 Å². The van der Waals surface area contributed by atoms with E-state index in [0.29, 0.717) is 5.56 Å². The summed E-state index contributed by atoms with van der Waals surface area (Å²) >= 11 is 1.58. The average Bonchev–Trinajstić information content (AvgIpc) is 3.10. The number of carbonyl (C=O) groups is 1. The summed E-state index contributed by atoms with van der Waals surface area (Å²) in [6.45, 7) is 6.13. The number of anilines is 2. The van der Waals surface area contributed by atoms with Gasteiger partial charge in [-0.25, -0.2) is 4.98 Å². The molecule has 2 heterocycles. The minimum absolute atomic E-state index is 0.134. The zero-order valence-electron chi connectivity index (χ0n) is 19.2. The molecular formula is C27H27N3O2S. The Morgan fingerprint density at radius 3 is 2.39 bits per heavy atom. The lowest BCUT2D eigenvalue weighted by molar-refractivity contribution is 0.102. The fraction of sp³-hybridized carbons (Fsp3) is 0.185. The zero-order chi connectivity index (χ0) is 23.4. The molecule has 0 aliphatic carbocycles. The van der Waals surface area contributed by atoms with Crippen LogP contribution in [0.5, 0.6) is 5.75 Å². The van der Waals surface area contributed by atoms with Gasteiger partial charge in [-0.05, 0) is 56.7 Å². The molecule has 2 N–H and O–H groups in total. The smallest absolute Gasteiger partial charge is 0.256 e. The number of methoxy groups -OCH3 is 1. The number of hydrogen-bond acceptors (Lipinski definition) is 5. The fourth-order valence-electron chi connectivity index (χ4n) is 3.83. The first kappa shape index (κ1) is 22.6. The number of ether oxygens (including phenoxy) is 1. The van der Waals surface area contributed by atoms with Crippen LogP contribution >= 0.6 is 11.3 Å². The highest BCUT2D eigenvalue weighted by atomic mass is 32.1. The molecule has 33 heavy (non-hydrogen) atoms. The maximum Gasteiger partial charge on any atom is 0.256 e. The SMILES string of the molecule is COc1ccccc1C(Nc1cccc(C)n1)c1c(NC(=O)c2ccccc2)sc(C)c1C. The van der Waals surface area contributed by atoms with Crippen LogP contribution in [0.15, 0.2) is 72.8 Å². The molecule has 1 atom stereocenters. The Morgan fingerprint density at radius 2 is 1.67 bits per heavy atom. The molecule has 0 radical (unpaired) electrons. The first-order chi connectivity index (χ1) is 16.0. The number of rotatable bonds is 7. The maximum atomic E-state index is 13.0. The van der Waals surface area contributed by atoms with Crippen molar-refractivity contribution in [1.82, 2.24) is 4.98 Å². The van der Waals surface area contributed by atoms with Gasteiger partial charge in [0.25, 0.3) is 5.91 Å². The Morgan fingerprint density at radius 1 is 0.939 bits per heavy atom. The summed E-state index contributed by atoms with van der Waals surface area (Å²) in [5.74, 6) is 1.39. The van der Waals surface area contributed by atoms with Gasteiger partial charge in [0.05, 0.1) is 13.2 Å². The molecule has 0 aliphatic heterocycles. The summed E-state index contributed by atoms with van der Waals surface area (Å²) < 4.78 is 5.70. The lowest BCUT2D eigenvalue weighted by atomic mass is 9.95. The van der Waals surface area contributed by atoms with Gasteiger partial charge in [-0.15, -0.1) is 11.3 Å². The van der Waals surface area contributed by atoms with Crippen molar-refractivity contribution in [2.45, 2.75) is 26.8 Å². The lowest BCUT2D eigenvalue weighted by Crippen LogP contribution is -2.18. The molecule has 1 unspecified atom stereocenters. The number of benzene rings is 2. The predicted molar refractivity (Wildman–Crippen MR) is 136 cm³/mol. The molecule has 0 saturated heterocycles. The second-order valence-corrected chi connectivity index (χ2v) is 9.05. The summed E-state index contributed by atoms with van der Waals surface area (Å²) in [6, 6.07) is 22.8. The minimum Gasteiger partial charge on any atom is -0.496 e. The third kappa shape index (κ3) is 4.91. The standard InChI is InChI=1S/C27H27N3O2S/c1-17-11-10-16-23(28-17)29-25(21-14-8-9-15-22(21)32-4)24-18(2)19(3)33-27(24)30-26(31)20-12-6-5-7-13-20/h5-16,25H,1-4H3,(H,28,29)(H,30,31). The molecule has 0 bridgehead atoms. The molecule has 6 heteroatoms. The number of pyridine rings is 1. The van der Waals surface area contributed by atoms with Gasteiger partial charge in [-0.3, -0.25) is 4.79 Å². The first-order valence-electron chi connectivity index (χ1n) is 10.8. The van der Waals surface area contributed by atoms with Crippen molar-refractivity contribution in [3.8, 4) is 5.75 Å². The molecule has 0 aliphatic rings. The van der Waals surface area contributed by atoms with Crippen LogP contribution in [0.25, 0.3) is 0 Å². The van der Waals surface area contributed by atoms with E-state index in [1.807, 2.05) is 79.7 Å². The number of aryl methyl sites for hydroxylation is 2. The fourth-order valence-corrected chi connectivity index (χ4v) is 4.93. The average molecular weight is 458 g/mol. The number of para-hydroxylation sites is 1. The summed E-state index contributed by atoms with van der Waals surface area (Å²) in [6.07, 6.45) is 0. The third-order valence-electron chi connectivity index (χ3n) is 5.61. The van der Waals surface area contributed by atoms with Crippen LogP contribution in [-0.4, -0.2) is 18.0 Å². The van der Waals surface area contributed by atoms with Crippen LogP contribution in [0.4, 0.5) is 10.8 Å². The van der Waals surface area contributed by atoms with Crippen molar-refractivity contribution in [2.24, 2.45) is 0 Å². The number of nitrogens with one attached hydrogen (secondary N) is 2. The highest BCUT2D eigenvalue weighted by Crippen LogP contribution is 2.43. The van der Waals surface area contributed by atoms with Gasteiger partial charge in [0.1, 0.15) is 16.6 Å². The van der Waals surface area contributed by atoms with Crippen molar-refractivity contribution in [3.63, 3.8) is 0 Å². The number of amides is 1. The summed E-state index contributed by atoms with van der Waals surface area (Å²) in [7, 11) is 1.67. The Balaban J connectivity index is 1.82. The molecule has 1 amide bonds. The molecule has 168 valence electrons. The van der Waals surface area contributed by atoms with Crippen molar-refractivity contribution in [3.05, 3.63) is 106 Å². The maximum absolute atomic E-state index is 13.0. The van der Waals surface area contributed by atoms with Gasteiger partial charge >= 0.3 is 0 Å². The summed E-state index contributed by atoms with van der Waals surface area (Å²) in [5, 5.41) is 7.57. The topological polar surface area (TPSA) is 63.2 Å². The largest absolute Gasteiger partial charge is 0.496 e. The molecule has 5 nitrogen and oxygen atoms in total. The van der Waals surface area contributed by atoms with Gasteiger partial charge in [-0.2, -0.15) is 0 Å². The Hall–Kier alpha value is -3.64. The van der Waals surface area contributed by atoms with E-state index in [2.05, 4.69) is 29.5 Å². The minimum atomic E-state index is -0.272. The number of thiophene rings is 1. The predicted octanol–water partition coefficient (Wildman–Crippen LogP) is 6.53. The zero-order valence-corrected chi connectivity index (χ0v) is 20.0. The van der Waals surface area contributed by atoms with Crippen LogP contribution in [0, 0.1) is 20.8 Å². The van der Waals surface area contributed by atoms with Gasteiger partial charge in [0, 0.05) is 27.3 Å². The quantitative estimate of drug-likeness (QED) is 0.331. The summed E-state index contributed by atoms with van der Waals surface area (Å²) in [5.41, 5.74) is 4.65. The van der Waals surface area contributed by atoms with Gasteiger partial charge < -0.3 is 15.4 Å². The second kappa shape index (κ2) is 9.88. The molecule has 2 aromatic heterocycles. The van der Waals surface area contributed by atoms with E-state index in [9.17, 15) is 4.79 Å². The van der Waals surface area contributed by atoms with E-state index >= 15 is 0 Å². The Kier molecular flexibility index (Phi) is 6.75. The second-order valence-electron chi connectivity index (χ2n) is 7.83. The molecule has 2 aromatic carbocycles. The van der Waals surface area contributed by atoms with Crippen LogP contribution in [0.1, 0.15) is 43.7 Å². The monoisotopic (exact) mass is 457 g/mol. The third-order valence-corrected chi connectivity index (χ3v) is 6.75. The molecule has 0 spiro atoms. The number of nitrogens with zero attached hydrogens (tertiary/aromatic N) is 1. The van der Waals surface area contributed by atoms with E-state index in [0.717, 1.165) is 43.8 Å². The van der Waals surface area contributed by atoms with Crippen LogP contribution in [0.2, 0.25) is 0 Å². The van der Waals surface area contributed by atoms with E-state index in [4.69, 9.17) is 4.74 Å². The van der Waals surface area contributed by atoms with Crippen LogP contribution in [0.3, 0.4) is 0 Å². The molecule has 4 aromatic rings. The highest BCUT2D eigenvalue weighted by molar-refractivity contribution is 7.16. The van der Waals surface area contributed by atoms with E-state index in [1.165, 1.54) is 0 Å². The summed E-state index contributed by atoms with van der Waals surface area (Å²) in [4.78, 5) is 18.8. The van der Waals surface area contributed by atoms with Gasteiger partial charge in [-0.1, -0.05) is 42.5 Å².